The first kappa shape index (κ1) is 20.3. The van der Waals surface area contributed by atoms with Gasteiger partial charge in [0.1, 0.15) is 6.54 Å². The van der Waals surface area contributed by atoms with Crippen LogP contribution in [0.1, 0.15) is 22.4 Å². The van der Waals surface area contributed by atoms with Crippen molar-refractivity contribution in [1.29, 1.82) is 0 Å². The Balaban J connectivity index is 1.74. The van der Waals surface area contributed by atoms with E-state index in [2.05, 4.69) is 10.3 Å². The van der Waals surface area contributed by atoms with Crippen LogP contribution in [0.25, 0.3) is 0 Å². The van der Waals surface area contributed by atoms with Crippen LogP contribution in [0.5, 0.6) is 0 Å². The third-order valence-corrected chi connectivity index (χ3v) is 4.63. The van der Waals surface area contributed by atoms with Crippen molar-refractivity contribution < 1.29 is 4.79 Å². The molecule has 0 atom stereocenters. The van der Waals surface area contributed by atoms with Crippen LogP contribution in [-0.2, 0) is 24.4 Å². The summed E-state index contributed by atoms with van der Waals surface area (Å²) < 4.78 is 1.42. The molecule has 0 bridgehead atoms. The lowest BCUT2D eigenvalue weighted by Gasteiger charge is -2.22. The monoisotopic (exact) mass is 390 g/mol. The Labute approximate surface area is 170 Å². The third kappa shape index (κ3) is 5.54. The highest BCUT2D eigenvalue weighted by atomic mass is 16.2. The fourth-order valence-corrected chi connectivity index (χ4v) is 3.08. The van der Waals surface area contributed by atoms with Gasteiger partial charge < -0.3 is 10.2 Å². The minimum absolute atomic E-state index is 0.0769. The molecule has 6 nitrogen and oxygen atoms in total. The molecule has 3 aromatic rings. The van der Waals surface area contributed by atoms with Crippen LogP contribution >= 0.6 is 0 Å². The van der Waals surface area contributed by atoms with E-state index in [4.69, 9.17) is 0 Å². The zero-order valence-electron chi connectivity index (χ0n) is 17.1. The summed E-state index contributed by atoms with van der Waals surface area (Å²) in [4.78, 5) is 31.5. The fraction of sp³-hybridized carbons (Fsp3) is 0.261. The zero-order valence-corrected chi connectivity index (χ0v) is 17.1. The average molecular weight is 390 g/mol. The van der Waals surface area contributed by atoms with Gasteiger partial charge in [-0.2, -0.15) is 0 Å². The second-order valence-electron chi connectivity index (χ2n) is 7.23. The summed E-state index contributed by atoms with van der Waals surface area (Å²) in [6, 6.07) is 19.4. The minimum Gasteiger partial charge on any atom is -0.350 e. The summed E-state index contributed by atoms with van der Waals surface area (Å²) in [5.41, 5.74) is 3.67. The number of nitrogens with one attached hydrogen (secondary N) is 1. The lowest BCUT2D eigenvalue weighted by molar-refractivity contribution is -0.121. The number of hydrogen-bond acceptors (Lipinski definition) is 4. The molecule has 0 unspecified atom stereocenters. The third-order valence-electron chi connectivity index (χ3n) is 4.63. The number of rotatable bonds is 7. The second-order valence-corrected chi connectivity index (χ2v) is 7.23. The smallest absolute Gasteiger partial charge is 0.255 e. The van der Waals surface area contributed by atoms with Crippen LogP contribution < -0.4 is 15.8 Å². The SMILES string of the molecule is Cc1ccc(CNC(=O)Cn2c(N(C)Cc3ccccc3)nc(C)cc2=O)cc1. The van der Waals surface area contributed by atoms with Crippen molar-refractivity contribution in [3.8, 4) is 0 Å². The molecule has 0 fully saturated rings. The van der Waals surface area contributed by atoms with Crippen LogP contribution in [0, 0.1) is 13.8 Å². The van der Waals surface area contributed by atoms with Crippen molar-refractivity contribution in [2.75, 3.05) is 11.9 Å². The molecule has 1 aromatic heterocycles. The fourth-order valence-electron chi connectivity index (χ4n) is 3.08. The number of benzene rings is 2. The molecule has 0 aliphatic rings. The van der Waals surface area contributed by atoms with Crippen LogP contribution in [0.15, 0.2) is 65.5 Å². The molecule has 1 heterocycles. The van der Waals surface area contributed by atoms with Gasteiger partial charge in [-0.3, -0.25) is 14.2 Å². The van der Waals surface area contributed by atoms with Crippen LogP contribution in [-0.4, -0.2) is 22.5 Å². The average Bonchev–Trinajstić information content (AvgIpc) is 2.70. The number of amides is 1. The standard InChI is InChI=1S/C23H26N4O2/c1-17-9-11-19(12-10-17)14-24-21(28)16-27-22(29)13-18(2)25-23(27)26(3)15-20-7-5-4-6-8-20/h4-13H,14-16H2,1-3H3,(H,24,28). The molecule has 2 aromatic carbocycles. The van der Waals surface area contributed by atoms with Crippen LogP contribution in [0.3, 0.4) is 0 Å². The predicted octanol–water partition coefficient (Wildman–Crippen LogP) is 2.81. The van der Waals surface area contributed by atoms with Gasteiger partial charge in [0.05, 0.1) is 0 Å². The quantitative estimate of drug-likeness (QED) is 0.674. The molecule has 1 N–H and O–H groups in total. The van der Waals surface area contributed by atoms with Gasteiger partial charge in [-0.15, -0.1) is 0 Å². The lowest BCUT2D eigenvalue weighted by atomic mass is 10.1. The van der Waals surface area contributed by atoms with E-state index in [1.807, 2.05) is 73.5 Å². The van der Waals surface area contributed by atoms with Gasteiger partial charge in [0.2, 0.25) is 11.9 Å². The van der Waals surface area contributed by atoms with Crippen molar-refractivity contribution in [3.05, 3.63) is 93.4 Å². The van der Waals surface area contributed by atoms with E-state index in [0.717, 1.165) is 11.1 Å². The summed E-state index contributed by atoms with van der Waals surface area (Å²) in [5.74, 6) is 0.247. The highest BCUT2D eigenvalue weighted by Gasteiger charge is 2.15. The Kier molecular flexibility index (Phi) is 6.44. The molecule has 0 aliphatic carbocycles. The molecular weight excluding hydrogens is 364 g/mol. The summed E-state index contributed by atoms with van der Waals surface area (Å²) >= 11 is 0. The van der Waals surface area contributed by atoms with Crippen molar-refractivity contribution in [1.82, 2.24) is 14.9 Å². The minimum atomic E-state index is -0.238. The largest absolute Gasteiger partial charge is 0.350 e. The topological polar surface area (TPSA) is 67.2 Å². The second kappa shape index (κ2) is 9.19. The maximum Gasteiger partial charge on any atom is 0.255 e. The highest BCUT2D eigenvalue weighted by molar-refractivity contribution is 5.76. The van der Waals surface area contributed by atoms with E-state index in [0.29, 0.717) is 24.7 Å². The molecule has 0 spiro atoms. The van der Waals surface area contributed by atoms with Gasteiger partial charge >= 0.3 is 0 Å². The molecular formula is C23H26N4O2. The first-order chi connectivity index (χ1) is 13.9. The Morgan fingerprint density at radius 1 is 1.03 bits per heavy atom. The summed E-state index contributed by atoms with van der Waals surface area (Å²) in [7, 11) is 1.87. The molecule has 150 valence electrons. The Morgan fingerprint density at radius 3 is 2.41 bits per heavy atom. The molecule has 3 rings (SSSR count). The van der Waals surface area contributed by atoms with E-state index in [9.17, 15) is 9.59 Å². The molecule has 6 heteroatoms. The number of aryl methyl sites for hydroxylation is 2. The highest BCUT2D eigenvalue weighted by Crippen LogP contribution is 2.12. The number of anilines is 1. The van der Waals surface area contributed by atoms with Gasteiger partial charge in [-0.05, 0) is 25.0 Å². The first-order valence-corrected chi connectivity index (χ1v) is 9.58. The number of aromatic nitrogens is 2. The Morgan fingerprint density at radius 2 is 1.72 bits per heavy atom. The summed E-state index contributed by atoms with van der Waals surface area (Å²) in [6.07, 6.45) is 0. The summed E-state index contributed by atoms with van der Waals surface area (Å²) in [5, 5.41) is 2.88. The first-order valence-electron chi connectivity index (χ1n) is 9.58. The molecule has 0 saturated carbocycles. The summed E-state index contributed by atoms with van der Waals surface area (Å²) in [6.45, 7) is 4.73. The molecule has 29 heavy (non-hydrogen) atoms. The van der Waals surface area contributed by atoms with E-state index < -0.39 is 0 Å². The normalized spacial score (nSPS) is 10.6. The molecule has 0 radical (unpaired) electrons. The van der Waals surface area contributed by atoms with Gasteiger partial charge in [0.25, 0.3) is 5.56 Å². The molecule has 1 amide bonds. The zero-order chi connectivity index (χ0) is 20.8. The van der Waals surface area contributed by atoms with E-state index in [1.165, 1.54) is 16.2 Å². The van der Waals surface area contributed by atoms with Crippen molar-refractivity contribution in [2.45, 2.75) is 33.5 Å². The lowest BCUT2D eigenvalue weighted by Crippen LogP contribution is -2.36. The van der Waals surface area contributed by atoms with Crippen LogP contribution in [0.2, 0.25) is 0 Å². The van der Waals surface area contributed by atoms with Crippen molar-refractivity contribution >= 4 is 11.9 Å². The number of hydrogen-bond donors (Lipinski definition) is 1. The number of carbonyl (C=O) groups excluding carboxylic acids is 1. The maximum atomic E-state index is 12.6. The van der Waals surface area contributed by atoms with Gasteiger partial charge in [0, 0.05) is 31.9 Å². The van der Waals surface area contributed by atoms with Crippen molar-refractivity contribution in [2.24, 2.45) is 0 Å². The number of carbonyl (C=O) groups is 1. The van der Waals surface area contributed by atoms with Crippen LogP contribution in [0.4, 0.5) is 5.95 Å². The maximum absolute atomic E-state index is 12.6. The van der Waals surface area contributed by atoms with Gasteiger partial charge in [0.15, 0.2) is 0 Å². The molecule has 0 aliphatic heterocycles. The van der Waals surface area contributed by atoms with Gasteiger partial charge in [-0.25, -0.2) is 4.98 Å². The Hall–Kier alpha value is -3.41. The predicted molar refractivity (Wildman–Crippen MR) is 115 cm³/mol. The van der Waals surface area contributed by atoms with Crippen molar-refractivity contribution in [3.63, 3.8) is 0 Å². The molecule has 0 saturated heterocycles. The van der Waals surface area contributed by atoms with E-state index in [-0.39, 0.29) is 18.0 Å². The Bertz CT molecular complexity index is 1030. The van der Waals surface area contributed by atoms with Gasteiger partial charge in [-0.1, -0.05) is 60.2 Å². The number of nitrogens with zero attached hydrogens (tertiary/aromatic N) is 3. The van der Waals surface area contributed by atoms with E-state index in [1.54, 1.807) is 6.92 Å². The van der Waals surface area contributed by atoms with E-state index >= 15 is 0 Å².